The zero-order valence-electron chi connectivity index (χ0n) is 13.9. The standard InChI is InChI=1S/C18H18N2O5/c1-22-14-6-4-13(10-16(14)23-2)18(21)20-19-11-12-3-5-15-17(9-12)25-8-7-24-15/h3-6,9-11H,7-8H2,1-2H3,(H,20,21). The smallest absolute Gasteiger partial charge is 0.271 e. The summed E-state index contributed by atoms with van der Waals surface area (Å²) in [5.74, 6) is 2.05. The molecule has 1 aliphatic heterocycles. The second-order valence-corrected chi connectivity index (χ2v) is 5.17. The number of carbonyl (C=O) groups is 1. The number of ether oxygens (including phenoxy) is 4. The van der Waals surface area contributed by atoms with Crippen LogP contribution >= 0.6 is 0 Å². The third-order valence-corrected chi connectivity index (χ3v) is 3.59. The van der Waals surface area contributed by atoms with E-state index in [1.807, 2.05) is 12.1 Å². The van der Waals surface area contributed by atoms with E-state index in [4.69, 9.17) is 18.9 Å². The van der Waals surface area contributed by atoms with E-state index in [1.165, 1.54) is 20.4 Å². The van der Waals surface area contributed by atoms with E-state index in [2.05, 4.69) is 10.5 Å². The lowest BCUT2D eigenvalue weighted by Gasteiger charge is -2.18. The van der Waals surface area contributed by atoms with Crippen LogP contribution in [-0.4, -0.2) is 39.6 Å². The van der Waals surface area contributed by atoms with Gasteiger partial charge in [-0.15, -0.1) is 0 Å². The van der Waals surface area contributed by atoms with Gasteiger partial charge in [-0.1, -0.05) is 0 Å². The Kier molecular flexibility index (Phi) is 5.03. The van der Waals surface area contributed by atoms with E-state index < -0.39 is 0 Å². The van der Waals surface area contributed by atoms with Crippen LogP contribution in [0.25, 0.3) is 0 Å². The van der Waals surface area contributed by atoms with E-state index in [0.29, 0.717) is 41.8 Å². The van der Waals surface area contributed by atoms with Crippen LogP contribution in [0.2, 0.25) is 0 Å². The molecule has 0 fully saturated rings. The minimum absolute atomic E-state index is 0.352. The summed E-state index contributed by atoms with van der Waals surface area (Å²) < 4.78 is 21.3. The molecule has 1 N–H and O–H groups in total. The summed E-state index contributed by atoms with van der Waals surface area (Å²) in [5, 5.41) is 3.97. The second kappa shape index (κ2) is 7.57. The Morgan fingerprint density at radius 1 is 1.04 bits per heavy atom. The summed E-state index contributed by atoms with van der Waals surface area (Å²) in [6.45, 7) is 1.06. The number of nitrogens with one attached hydrogen (secondary N) is 1. The molecule has 0 unspecified atom stereocenters. The Morgan fingerprint density at radius 3 is 2.56 bits per heavy atom. The largest absolute Gasteiger partial charge is 0.493 e. The lowest BCUT2D eigenvalue weighted by Crippen LogP contribution is -2.18. The van der Waals surface area contributed by atoms with Crippen LogP contribution in [0, 0.1) is 0 Å². The Labute approximate surface area is 145 Å². The zero-order valence-corrected chi connectivity index (χ0v) is 13.9. The number of benzene rings is 2. The summed E-state index contributed by atoms with van der Waals surface area (Å²) >= 11 is 0. The van der Waals surface area contributed by atoms with Crippen LogP contribution in [-0.2, 0) is 0 Å². The minimum atomic E-state index is -0.352. The molecule has 130 valence electrons. The van der Waals surface area contributed by atoms with Crippen molar-refractivity contribution < 1.29 is 23.7 Å². The van der Waals surface area contributed by atoms with Crippen LogP contribution in [0.3, 0.4) is 0 Å². The molecule has 2 aromatic rings. The lowest BCUT2D eigenvalue weighted by atomic mass is 10.2. The summed E-state index contributed by atoms with van der Waals surface area (Å²) in [4.78, 5) is 12.2. The molecule has 2 aromatic carbocycles. The van der Waals surface area contributed by atoms with Crippen LogP contribution in [0.4, 0.5) is 0 Å². The predicted molar refractivity (Wildman–Crippen MR) is 92.0 cm³/mol. The molecule has 25 heavy (non-hydrogen) atoms. The van der Waals surface area contributed by atoms with Crippen molar-refractivity contribution >= 4 is 12.1 Å². The first-order valence-electron chi connectivity index (χ1n) is 7.66. The Hall–Kier alpha value is -3.22. The molecule has 0 atom stereocenters. The third-order valence-electron chi connectivity index (χ3n) is 3.59. The molecular weight excluding hydrogens is 324 g/mol. The number of methoxy groups -OCH3 is 2. The average Bonchev–Trinajstić information content (AvgIpc) is 2.67. The fourth-order valence-corrected chi connectivity index (χ4v) is 2.35. The molecule has 0 saturated heterocycles. The number of hydrogen-bond donors (Lipinski definition) is 1. The molecule has 7 nitrogen and oxygen atoms in total. The lowest BCUT2D eigenvalue weighted by molar-refractivity contribution is 0.0954. The van der Waals surface area contributed by atoms with Crippen molar-refractivity contribution in [1.82, 2.24) is 5.43 Å². The molecule has 0 saturated carbocycles. The monoisotopic (exact) mass is 342 g/mol. The van der Waals surface area contributed by atoms with E-state index in [0.717, 1.165) is 5.56 Å². The Morgan fingerprint density at radius 2 is 1.80 bits per heavy atom. The number of amides is 1. The molecular formula is C18H18N2O5. The number of nitrogens with zero attached hydrogens (tertiary/aromatic N) is 1. The maximum Gasteiger partial charge on any atom is 0.271 e. The molecule has 1 heterocycles. The van der Waals surface area contributed by atoms with Gasteiger partial charge in [0.05, 0.1) is 20.4 Å². The van der Waals surface area contributed by atoms with Crippen molar-refractivity contribution in [2.24, 2.45) is 5.10 Å². The highest BCUT2D eigenvalue weighted by Crippen LogP contribution is 2.30. The first-order valence-corrected chi connectivity index (χ1v) is 7.66. The van der Waals surface area contributed by atoms with Crippen LogP contribution < -0.4 is 24.4 Å². The van der Waals surface area contributed by atoms with E-state index >= 15 is 0 Å². The van der Waals surface area contributed by atoms with Crippen molar-refractivity contribution in [3.05, 3.63) is 47.5 Å². The van der Waals surface area contributed by atoms with E-state index in [9.17, 15) is 4.79 Å². The Balaban J connectivity index is 1.66. The van der Waals surface area contributed by atoms with E-state index in [1.54, 1.807) is 24.3 Å². The second-order valence-electron chi connectivity index (χ2n) is 5.17. The summed E-state index contributed by atoms with van der Waals surface area (Å²) in [7, 11) is 3.05. The molecule has 0 spiro atoms. The number of rotatable bonds is 5. The van der Waals surface area contributed by atoms with Gasteiger partial charge < -0.3 is 18.9 Å². The van der Waals surface area contributed by atoms with Gasteiger partial charge in [0.1, 0.15) is 13.2 Å². The van der Waals surface area contributed by atoms with E-state index in [-0.39, 0.29) is 5.91 Å². The average molecular weight is 342 g/mol. The summed E-state index contributed by atoms with van der Waals surface area (Å²) in [6, 6.07) is 10.3. The first kappa shape index (κ1) is 16.6. The van der Waals surface area contributed by atoms with Crippen molar-refractivity contribution in [2.75, 3.05) is 27.4 Å². The summed E-state index contributed by atoms with van der Waals surface area (Å²) in [6.07, 6.45) is 1.54. The normalized spacial score (nSPS) is 12.7. The molecule has 3 rings (SSSR count). The fraction of sp³-hybridized carbons (Fsp3) is 0.222. The zero-order chi connectivity index (χ0) is 17.6. The van der Waals surface area contributed by atoms with Crippen molar-refractivity contribution in [2.45, 2.75) is 0 Å². The van der Waals surface area contributed by atoms with Gasteiger partial charge in [-0.25, -0.2) is 5.43 Å². The van der Waals surface area contributed by atoms with Crippen molar-refractivity contribution in [3.8, 4) is 23.0 Å². The third kappa shape index (κ3) is 3.82. The van der Waals surface area contributed by atoms with Gasteiger partial charge in [0.15, 0.2) is 23.0 Å². The van der Waals surface area contributed by atoms with Gasteiger partial charge in [-0.2, -0.15) is 5.10 Å². The molecule has 1 aliphatic rings. The maximum atomic E-state index is 12.2. The highest BCUT2D eigenvalue weighted by atomic mass is 16.6. The van der Waals surface area contributed by atoms with Gasteiger partial charge in [-0.05, 0) is 42.0 Å². The summed E-state index contributed by atoms with van der Waals surface area (Å²) in [5.41, 5.74) is 3.68. The molecule has 0 aromatic heterocycles. The number of fused-ring (bicyclic) bond motifs is 1. The molecule has 7 heteroatoms. The van der Waals surface area contributed by atoms with Crippen molar-refractivity contribution in [1.29, 1.82) is 0 Å². The number of hydrogen-bond acceptors (Lipinski definition) is 6. The van der Waals surface area contributed by atoms with Gasteiger partial charge in [0.2, 0.25) is 0 Å². The quantitative estimate of drug-likeness (QED) is 0.666. The molecule has 1 amide bonds. The van der Waals surface area contributed by atoms with Gasteiger partial charge in [0, 0.05) is 5.56 Å². The van der Waals surface area contributed by atoms with Gasteiger partial charge in [0.25, 0.3) is 5.91 Å². The molecule has 0 radical (unpaired) electrons. The predicted octanol–water partition coefficient (Wildman–Crippen LogP) is 2.24. The van der Waals surface area contributed by atoms with Gasteiger partial charge >= 0.3 is 0 Å². The molecule has 0 bridgehead atoms. The number of carbonyl (C=O) groups excluding carboxylic acids is 1. The van der Waals surface area contributed by atoms with Crippen LogP contribution in [0.15, 0.2) is 41.5 Å². The fourth-order valence-electron chi connectivity index (χ4n) is 2.35. The minimum Gasteiger partial charge on any atom is -0.493 e. The topological polar surface area (TPSA) is 78.4 Å². The van der Waals surface area contributed by atoms with Crippen LogP contribution in [0.5, 0.6) is 23.0 Å². The van der Waals surface area contributed by atoms with Crippen molar-refractivity contribution in [3.63, 3.8) is 0 Å². The number of hydrazone groups is 1. The Bertz CT molecular complexity index is 804. The van der Waals surface area contributed by atoms with Crippen LogP contribution in [0.1, 0.15) is 15.9 Å². The SMILES string of the molecule is COc1ccc(C(=O)NN=Cc2ccc3c(c2)OCCO3)cc1OC. The maximum absolute atomic E-state index is 12.2. The van der Waals surface area contributed by atoms with Gasteiger partial charge in [-0.3, -0.25) is 4.79 Å². The highest BCUT2D eigenvalue weighted by Gasteiger charge is 2.12. The molecule has 0 aliphatic carbocycles. The first-order chi connectivity index (χ1) is 12.2. The highest BCUT2D eigenvalue weighted by molar-refractivity contribution is 5.95.